The second-order valence-corrected chi connectivity index (χ2v) is 7.30. The van der Waals surface area contributed by atoms with E-state index < -0.39 is 33.5 Å². The molecule has 7 nitrogen and oxygen atoms in total. The summed E-state index contributed by atoms with van der Waals surface area (Å²) >= 11 is 0. The van der Waals surface area contributed by atoms with Gasteiger partial charge in [0, 0.05) is 12.0 Å². The van der Waals surface area contributed by atoms with E-state index in [9.17, 15) is 18.0 Å². The zero-order valence-electron chi connectivity index (χ0n) is 12.4. The number of nitrogens with one attached hydrogen (secondary N) is 2. The van der Waals surface area contributed by atoms with Gasteiger partial charge in [-0.15, -0.1) is 0 Å². The second-order valence-electron chi connectivity index (χ2n) is 5.43. The van der Waals surface area contributed by atoms with Crippen LogP contribution in [0.15, 0.2) is 0 Å². The molecule has 1 unspecified atom stereocenters. The third-order valence-electron chi connectivity index (χ3n) is 2.65. The molecule has 20 heavy (non-hydrogen) atoms. The van der Waals surface area contributed by atoms with Gasteiger partial charge in [-0.2, -0.15) is 0 Å². The van der Waals surface area contributed by atoms with Crippen molar-refractivity contribution in [2.75, 3.05) is 5.75 Å². The highest BCUT2D eigenvalue weighted by Crippen LogP contribution is 2.11. The van der Waals surface area contributed by atoms with Gasteiger partial charge >= 0.3 is 5.97 Å². The average Bonchev–Trinajstić information content (AvgIpc) is 2.25. The monoisotopic (exact) mass is 308 g/mol. The van der Waals surface area contributed by atoms with Gasteiger partial charge in [-0.05, 0) is 33.6 Å². The van der Waals surface area contributed by atoms with Crippen LogP contribution in [0, 0.1) is 0 Å². The largest absolute Gasteiger partial charge is 0.481 e. The molecule has 0 aromatic rings. The molecule has 0 saturated heterocycles. The average molecular weight is 308 g/mol. The number of hydrogen-bond donors (Lipinski definition) is 3. The van der Waals surface area contributed by atoms with Crippen molar-refractivity contribution in [2.24, 2.45) is 0 Å². The molecule has 0 rings (SSSR count). The van der Waals surface area contributed by atoms with Crippen LogP contribution < -0.4 is 10.0 Å². The minimum atomic E-state index is -3.46. The van der Waals surface area contributed by atoms with Crippen LogP contribution in [0.4, 0.5) is 0 Å². The SMILES string of the molecule is CCCS(=O)(=O)NC(C)C(=O)NC(C)(C)CCC(=O)O. The highest BCUT2D eigenvalue weighted by molar-refractivity contribution is 7.89. The Hall–Kier alpha value is -1.15. The molecule has 1 atom stereocenters. The third-order valence-corrected chi connectivity index (χ3v) is 4.31. The predicted molar refractivity (Wildman–Crippen MR) is 75.8 cm³/mol. The molecule has 0 saturated carbocycles. The Labute approximate surface area is 120 Å². The highest BCUT2D eigenvalue weighted by Gasteiger charge is 2.26. The number of carboxylic acids is 1. The number of carboxylic acid groups (broad SMARTS) is 1. The molecule has 8 heteroatoms. The molecule has 0 aliphatic carbocycles. The van der Waals surface area contributed by atoms with E-state index in [0.717, 1.165) is 0 Å². The zero-order valence-corrected chi connectivity index (χ0v) is 13.2. The van der Waals surface area contributed by atoms with E-state index in [1.807, 2.05) is 0 Å². The minimum absolute atomic E-state index is 0.0347. The molecular weight excluding hydrogens is 284 g/mol. The van der Waals surface area contributed by atoms with Crippen LogP contribution in [-0.4, -0.2) is 42.7 Å². The summed E-state index contributed by atoms with van der Waals surface area (Å²) in [5, 5.41) is 11.3. The van der Waals surface area contributed by atoms with Crippen LogP contribution in [0.5, 0.6) is 0 Å². The normalized spacial score (nSPS) is 13.8. The summed E-state index contributed by atoms with van der Waals surface area (Å²) in [4.78, 5) is 22.4. The molecule has 0 bridgehead atoms. The van der Waals surface area contributed by atoms with Gasteiger partial charge in [0.15, 0.2) is 0 Å². The molecule has 0 radical (unpaired) electrons. The molecule has 0 aliphatic heterocycles. The molecular formula is C12H24N2O5S. The summed E-state index contributed by atoms with van der Waals surface area (Å²) < 4.78 is 25.4. The van der Waals surface area contributed by atoms with Crippen molar-refractivity contribution >= 4 is 21.9 Å². The highest BCUT2D eigenvalue weighted by atomic mass is 32.2. The molecule has 0 aromatic carbocycles. The summed E-state index contributed by atoms with van der Waals surface area (Å²) in [6, 6.07) is -0.893. The fraction of sp³-hybridized carbons (Fsp3) is 0.833. The van der Waals surface area contributed by atoms with Crippen molar-refractivity contribution in [3.8, 4) is 0 Å². The number of rotatable bonds is 9. The van der Waals surface area contributed by atoms with Crippen LogP contribution in [0.25, 0.3) is 0 Å². The van der Waals surface area contributed by atoms with Gasteiger partial charge in [0.1, 0.15) is 0 Å². The van der Waals surface area contributed by atoms with Crippen molar-refractivity contribution < 1.29 is 23.1 Å². The first-order chi connectivity index (χ1) is 8.99. The maximum Gasteiger partial charge on any atom is 0.303 e. The lowest BCUT2D eigenvalue weighted by molar-refractivity contribution is -0.137. The van der Waals surface area contributed by atoms with Crippen molar-refractivity contribution in [2.45, 2.75) is 58.5 Å². The number of aliphatic carboxylic acids is 1. The maximum absolute atomic E-state index is 11.9. The molecule has 0 heterocycles. The summed E-state index contributed by atoms with van der Waals surface area (Å²) in [6.45, 7) is 6.58. The van der Waals surface area contributed by atoms with Crippen LogP contribution in [0.1, 0.15) is 47.0 Å². The van der Waals surface area contributed by atoms with E-state index in [0.29, 0.717) is 6.42 Å². The Kier molecular flexibility index (Phi) is 7.15. The van der Waals surface area contributed by atoms with Gasteiger partial charge in [-0.1, -0.05) is 6.92 Å². The van der Waals surface area contributed by atoms with E-state index in [2.05, 4.69) is 10.0 Å². The smallest absolute Gasteiger partial charge is 0.303 e. The topological polar surface area (TPSA) is 113 Å². The molecule has 0 spiro atoms. The van der Waals surface area contributed by atoms with Gasteiger partial charge in [0.25, 0.3) is 0 Å². The van der Waals surface area contributed by atoms with E-state index in [4.69, 9.17) is 5.11 Å². The minimum Gasteiger partial charge on any atom is -0.481 e. The number of carbonyl (C=O) groups excluding carboxylic acids is 1. The van der Waals surface area contributed by atoms with Crippen molar-refractivity contribution in [1.29, 1.82) is 0 Å². The second kappa shape index (κ2) is 7.58. The Morgan fingerprint density at radius 2 is 1.85 bits per heavy atom. The quantitative estimate of drug-likeness (QED) is 0.573. The number of sulfonamides is 1. The molecule has 1 amide bonds. The lowest BCUT2D eigenvalue weighted by atomic mass is 9.98. The Balaban J connectivity index is 4.49. The van der Waals surface area contributed by atoms with Gasteiger partial charge in [-0.3, -0.25) is 9.59 Å². The molecule has 0 aromatic heterocycles. The molecule has 0 fully saturated rings. The van der Waals surface area contributed by atoms with Crippen LogP contribution in [-0.2, 0) is 19.6 Å². The van der Waals surface area contributed by atoms with Crippen molar-refractivity contribution in [1.82, 2.24) is 10.0 Å². The lowest BCUT2D eigenvalue weighted by Gasteiger charge is -2.27. The Morgan fingerprint density at radius 1 is 1.30 bits per heavy atom. The molecule has 0 aliphatic rings. The fourth-order valence-electron chi connectivity index (χ4n) is 1.57. The maximum atomic E-state index is 11.9. The summed E-state index contributed by atoms with van der Waals surface area (Å²) in [5.41, 5.74) is -0.708. The van der Waals surface area contributed by atoms with Crippen LogP contribution >= 0.6 is 0 Å². The Morgan fingerprint density at radius 3 is 2.30 bits per heavy atom. The predicted octanol–water partition coefficient (Wildman–Crippen LogP) is 0.464. The van der Waals surface area contributed by atoms with Gasteiger partial charge in [0.2, 0.25) is 15.9 Å². The van der Waals surface area contributed by atoms with Gasteiger partial charge < -0.3 is 10.4 Å². The van der Waals surface area contributed by atoms with E-state index >= 15 is 0 Å². The first-order valence-corrected chi connectivity index (χ1v) is 8.18. The standard InChI is InChI=1S/C12H24N2O5S/c1-5-8-20(18,19)14-9(2)11(17)13-12(3,4)7-6-10(15)16/h9,14H,5-8H2,1-4H3,(H,13,17)(H,15,16). The summed E-state index contributed by atoms with van der Waals surface area (Å²) in [6.07, 6.45) is 0.666. The third kappa shape index (κ3) is 8.11. The van der Waals surface area contributed by atoms with Crippen LogP contribution in [0.2, 0.25) is 0 Å². The Bertz CT molecular complexity index is 445. The van der Waals surface area contributed by atoms with Gasteiger partial charge in [0.05, 0.1) is 11.8 Å². The van der Waals surface area contributed by atoms with E-state index in [-0.39, 0.29) is 18.6 Å². The molecule has 118 valence electrons. The molecule has 3 N–H and O–H groups in total. The fourth-order valence-corrected chi connectivity index (χ4v) is 2.88. The van der Waals surface area contributed by atoms with Gasteiger partial charge in [-0.25, -0.2) is 13.1 Å². The first-order valence-electron chi connectivity index (χ1n) is 6.53. The number of amides is 1. The first kappa shape index (κ1) is 18.9. The van der Waals surface area contributed by atoms with E-state index in [1.54, 1.807) is 20.8 Å². The van der Waals surface area contributed by atoms with E-state index in [1.165, 1.54) is 6.92 Å². The van der Waals surface area contributed by atoms with Crippen molar-refractivity contribution in [3.63, 3.8) is 0 Å². The summed E-state index contributed by atoms with van der Waals surface area (Å²) in [5.74, 6) is -1.45. The zero-order chi connectivity index (χ0) is 16.0. The summed E-state index contributed by atoms with van der Waals surface area (Å²) in [7, 11) is -3.46. The number of carbonyl (C=O) groups is 2. The van der Waals surface area contributed by atoms with Crippen LogP contribution in [0.3, 0.4) is 0 Å². The van der Waals surface area contributed by atoms with Crippen molar-refractivity contribution in [3.05, 3.63) is 0 Å². The number of hydrogen-bond acceptors (Lipinski definition) is 4. The lowest BCUT2D eigenvalue weighted by Crippen LogP contribution is -2.52.